The van der Waals surface area contributed by atoms with Gasteiger partial charge in [0.2, 0.25) is 5.91 Å². The molecule has 1 rings (SSSR count). The normalized spacial score (nSPS) is 20.2. The van der Waals surface area contributed by atoms with Crippen LogP contribution in [0.1, 0.15) is 39.0 Å². The van der Waals surface area contributed by atoms with E-state index in [9.17, 15) is 4.79 Å². The van der Waals surface area contributed by atoms with Crippen molar-refractivity contribution in [1.29, 1.82) is 0 Å². The number of nitrogens with two attached hydrogens (primary N) is 1. The summed E-state index contributed by atoms with van der Waals surface area (Å²) in [4.78, 5) is 11.2. The number of rotatable bonds is 2. The lowest BCUT2D eigenvalue weighted by atomic mass is 9.95. The van der Waals surface area contributed by atoms with Crippen molar-refractivity contribution in [1.82, 2.24) is 5.32 Å². The number of hydrogen-bond acceptors (Lipinski definition) is 2. The van der Waals surface area contributed by atoms with Crippen LogP contribution in [0.3, 0.4) is 0 Å². The Balaban J connectivity index is 0.00000144. The van der Waals surface area contributed by atoms with Gasteiger partial charge in [-0.2, -0.15) is 0 Å². The van der Waals surface area contributed by atoms with Crippen LogP contribution >= 0.6 is 12.4 Å². The van der Waals surface area contributed by atoms with Gasteiger partial charge in [0.25, 0.3) is 0 Å². The zero-order chi connectivity index (χ0) is 8.97. The number of hydrogen-bond donors (Lipinski definition) is 2. The van der Waals surface area contributed by atoms with E-state index in [1.54, 1.807) is 6.92 Å². The fourth-order valence-electron chi connectivity index (χ4n) is 1.58. The molecule has 0 bridgehead atoms. The molecule has 0 heterocycles. The van der Waals surface area contributed by atoms with Crippen molar-refractivity contribution < 1.29 is 4.79 Å². The SMILES string of the molecule is C[C@H](N)C(=O)NC1CCCCC1.Cl. The summed E-state index contributed by atoms with van der Waals surface area (Å²) in [6.45, 7) is 1.72. The van der Waals surface area contributed by atoms with Gasteiger partial charge in [0.1, 0.15) is 0 Å². The second-order valence-electron chi connectivity index (χ2n) is 3.63. The molecule has 0 aromatic rings. The maximum absolute atomic E-state index is 11.2. The minimum absolute atomic E-state index is 0. The molecule has 0 aromatic heterocycles. The third kappa shape index (κ3) is 4.48. The Kier molecular flexibility index (Phi) is 6.08. The predicted octanol–water partition coefficient (Wildman–Crippen LogP) is 1.20. The molecule has 78 valence electrons. The average Bonchev–Trinajstić information content (AvgIpc) is 2.06. The van der Waals surface area contributed by atoms with Crippen LogP contribution in [-0.4, -0.2) is 18.0 Å². The van der Waals surface area contributed by atoms with E-state index in [1.165, 1.54) is 19.3 Å². The predicted molar refractivity (Wildman–Crippen MR) is 55.9 cm³/mol. The van der Waals surface area contributed by atoms with Crippen LogP contribution in [-0.2, 0) is 4.79 Å². The lowest BCUT2D eigenvalue weighted by Crippen LogP contribution is -2.44. The van der Waals surface area contributed by atoms with Crippen molar-refractivity contribution in [3.63, 3.8) is 0 Å². The number of nitrogens with one attached hydrogen (secondary N) is 1. The molecule has 1 aliphatic carbocycles. The van der Waals surface area contributed by atoms with Crippen molar-refractivity contribution in [2.75, 3.05) is 0 Å². The summed E-state index contributed by atoms with van der Waals surface area (Å²) in [7, 11) is 0. The van der Waals surface area contributed by atoms with Gasteiger partial charge in [-0.1, -0.05) is 19.3 Å². The Hall–Kier alpha value is -0.280. The Labute approximate surface area is 85.9 Å². The third-order valence-corrected chi connectivity index (χ3v) is 2.37. The Bertz CT molecular complexity index is 156. The Morgan fingerprint density at radius 3 is 2.38 bits per heavy atom. The first-order valence-electron chi connectivity index (χ1n) is 4.76. The maximum atomic E-state index is 11.2. The molecule has 1 fully saturated rings. The van der Waals surface area contributed by atoms with Crippen molar-refractivity contribution >= 4 is 18.3 Å². The average molecular weight is 207 g/mol. The van der Waals surface area contributed by atoms with E-state index in [-0.39, 0.29) is 24.4 Å². The summed E-state index contributed by atoms with van der Waals surface area (Å²) < 4.78 is 0. The fourth-order valence-corrected chi connectivity index (χ4v) is 1.58. The molecule has 0 radical (unpaired) electrons. The van der Waals surface area contributed by atoms with Crippen LogP contribution in [0, 0.1) is 0 Å². The minimum atomic E-state index is -0.369. The highest BCUT2D eigenvalue weighted by Gasteiger charge is 2.16. The smallest absolute Gasteiger partial charge is 0.236 e. The first-order valence-corrected chi connectivity index (χ1v) is 4.76. The molecule has 1 amide bonds. The van der Waals surface area contributed by atoms with Gasteiger partial charge in [-0.15, -0.1) is 12.4 Å². The molecule has 0 spiro atoms. The van der Waals surface area contributed by atoms with Gasteiger partial charge in [-0.05, 0) is 19.8 Å². The first kappa shape index (κ1) is 12.7. The van der Waals surface area contributed by atoms with Crippen LogP contribution in [0.5, 0.6) is 0 Å². The molecular weight excluding hydrogens is 188 g/mol. The molecule has 0 unspecified atom stereocenters. The zero-order valence-electron chi connectivity index (χ0n) is 8.08. The summed E-state index contributed by atoms with van der Waals surface area (Å²) in [5, 5.41) is 2.95. The van der Waals surface area contributed by atoms with E-state index in [0.29, 0.717) is 6.04 Å². The van der Waals surface area contributed by atoms with Gasteiger partial charge in [-0.3, -0.25) is 4.79 Å². The molecule has 1 saturated carbocycles. The van der Waals surface area contributed by atoms with Crippen LogP contribution in [0.15, 0.2) is 0 Å². The van der Waals surface area contributed by atoms with E-state index in [2.05, 4.69) is 5.32 Å². The van der Waals surface area contributed by atoms with Gasteiger partial charge in [0.05, 0.1) is 6.04 Å². The number of carbonyl (C=O) groups is 1. The van der Waals surface area contributed by atoms with Gasteiger partial charge >= 0.3 is 0 Å². The third-order valence-electron chi connectivity index (χ3n) is 2.37. The molecule has 13 heavy (non-hydrogen) atoms. The standard InChI is InChI=1S/C9H18N2O.ClH/c1-7(10)9(12)11-8-5-3-2-4-6-8;/h7-8H,2-6,10H2,1H3,(H,11,12);1H/t7-;/m0./s1. The molecule has 0 aliphatic heterocycles. The lowest BCUT2D eigenvalue weighted by Gasteiger charge is -2.23. The molecule has 4 heteroatoms. The summed E-state index contributed by atoms with van der Waals surface area (Å²) in [5.74, 6) is -0.0121. The lowest BCUT2D eigenvalue weighted by molar-refractivity contribution is -0.122. The number of halogens is 1. The van der Waals surface area contributed by atoms with Crippen molar-refractivity contribution in [3.05, 3.63) is 0 Å². The van der Waals surface area contributed by atoms with E-state index < -0.39 is 0 Å². The quantitative estimate of drug-likeness (QED) is 0.714. The molecule has 3 N–H and O–H groups in total. The Morgan fingerprint density at radius 1 is 1.38 bits per heavy atom. The monoisotopic (exact) mass is 206 g/mol. The second kappa shape index (κ2) is 6.22. The zero-order valence-corrected chi connectivity index (χ0v) is 8.90. The van der Waals surface area contributed by atoms with E-state index in [1.807, 2.05) is 0 Å². The highest BCUT2D eigenvalue weighted by molar-refractivity contribution is 5.85. The Morgan fingerprint density at radius 2 is 1.92 bits per heavy atom. The number of amides is 1. The van der Waals surface area contributed by atoms with Crippen LogP contribution in [0.25, 0.3) is 0 Å². The first-order chi connectivity index (χ1) is 5.70. The molecule has 0 aromatic carbocycles. The molecule has 1 aliphatic rings. The van der Waals surface area contributed by atoms with Gasteiger partial charge in [-0.25, -0.2) is 0 Å². The van der Waals surface area contributed by atoms with Crippen LogP contribution < -0.4 is 11.1 Å². The summed E-state index contributed by atoms with van der Waals surface area (Å²) >= 11 is 0. The van der Waals surface area contributed by atoms with E-state index in [4.69, 9.17) is 5.73 Å². The fraction of sp³-hybridized carbons (Fsp3) is 0.889. The summed E-state index contributed by atoms with van der Waals surface area (Å²) in [6.07, 6.45) is 6.04. The van der Waals surface area contributed by atoms with Crippen molar-refractivity contribution in [2.45, 2.75) is 51.1 Å². The second-order valence-corrected chi connectivity index (χ2v) is 3.63. The van der Waals surface area contributed by atoms with Crippen molar-refractivity contribution in [3.8, 4) is 0 Å². The topological polar surface area (TPSA) is 55.1 Å². The molecule has 3 nitrogen and oxygen atoms in total. The van der Waals surface area contributed by atoms with Gasteiger partial charge in [0, 0.05) is 6.04 Å². The molecular formula is C9H19ClN2O. The van der Waals surface area contributed by atoms with Crippen molar-refractivity contribution in [2.24, 2.45) is 5.73 Å². The summed E-state index contributed by atoms with van der Waals surface area (Å²) in [6, 6.07) is 0.0178. The van der Waals surface area contributed by atoms with Crippen LogP contribution in [0.4, 0.5) is 0 Å². The summed E-state index contributed by atoms with van der Waals surface area (Å²) in [5.41, 5.74) is 5.44. The molecule has 1 atom stereocenters. The molecule has 0 saturated heterocycles. The van der Waals surface area contributed by atoms with E-state index >= 15 is 0 Å². The highest BCUT2D eigenvalue weighted by Crippen LogP contribution is 2.17. The highest BCUT2D eigenvalue weighted by atomic mass is 35.5. The van der Waals surface area contributed by atoms with Crippen LogP contribution in [0.2, 0.25) is 0 Å². The number of carbonyl (C=O) groups excluding carboxylic acids is 1. The van der Waals surface area contributed by atoms with Gasteiger partial charge in [0.15, 0.2) is 0 Å². The van der Waals surface area contributed by atoms with E-state index in [0.717, 1.165) is 12.8 Å². The van der Waals surface area contributed by atoms with Gasteiger partial charge < -0.3 is 11.1 Å². The largest absolute Gasteiger partial charge is 0.352 e. The minimum Gasteiger partial charge on any atom is -0.352 e. The maximum Gasteiger partial charge on any atom is 0.236 e.